The molecule has 2 N–H and O–H groups in total. The summed E-state index contributed by atoms with van der Waals surface area (Å²) in [5.41, 5.74) is 6.12. The molecule has 2 aliphatic heterocycles. The molecule has 2 unspecified atom stereocenters. The molecule has 2 rings (SSSR count). The van der Waals surface area contributed by atoms with E-state index in [0.29, 0.717) is 6.42 Å². The van der Waals surface area contributed by atoms with Gasteiger partial charge in [-0.1, -0.05) is 6.92 Å². The highest BCUT2D eigenvalue weighted by atomic mass is 32.2. The lowest BCUT2D eigenvalue weighted by Gasteiger charge is -2.26. The molecule has 0 aromatic heterocycles. The van der Waals surface area contributed by atoms with Crippen molar-refractivity contribution in [2.45, 2.75) is 39.3 Å². The van der Waals surface area contributed by atoms with E-state index in [9.17, 15) is 9.59 Å². The third-order valence-corrected chi connectivity index (χ3v) is 4.79. The number of thioether (sulfide) groups is 1. The van der Waals surface area contributed by atoms with E-state index in [0.717, 1.165) is 22.9 Å². The van der Waals surface area contributed by atoms with Gasteiger partial charge in [0, 0.05) is 12.3 Å². The van der Waals surface area contributed by atoms with Crippen molar-refractivity contribution in [1.29, 1.82) is 0 Å². The Bertz CT molecular complexity index is 434. The number of hydrogen-bond acceptors (Lipinski definition) is 5. The van der Waals surface area contributed by atoms with Gasteiger partial charge in [0.2, 0.25) is 5.91 Å². The Hall–Kier alpha value is -1.17. The second-order valence-corrected chi connectivity index (χ2v) is 6.26. The lowest BCUT2D eigenvalue weighted by atomic mass is 10.0. The van der Waals surface area contributed by atoms with Crippen LogP contribution in [0.1, 0.15) is 27.2 Å². The first-order valence-electron chi connectivity index (χ1n) is 6.54. The second kappa shape index (κ2) is 5.45. The summed E-state index contributed by atoms with van der Waals surface area (Å²) in [7, 11) is 0. The van der Waals surface area contributed by atoms with E-state index in [4.69, 9.17) is 10.5 Å². The molecule has 0 aromatic rings. The predicted molar refractivity (Wildman–Crippen MR) is 74.2 cm³/mol. The standard InChI is InChI=1S/C13H20N2O3S/c1-7(2)18-13(17)9-4-5-15-10(6-19-12(9)15)8(3)11(14)16/h7-8,10H,4-6H2,1-3H3,(H2,14,16). The molecule has 19 heavy (non-hydrogen) atoms. The first-order chi connectivity index (χ1) is 8.91. The van der Waals surface area contributed by atoms with Gasteiger partial charge in [-0.3, -0.25) is 4.79 Å². The highest BCUT2D eigenvalue weighted by Crippen LogP contribution is 2.43. The Morgan fingerprint density at radius 2 is 2.11 bits per heavy atom. The van der Waals surface area contributed by atoms with Crippen molar-refractivity contribution in [3.63, 3.8) is 0 Å². The number of hydrogen-bond donors (Lipinski definition) is 1. The van der Waals surface area contributed by atoms with Gasteiger partial charge in [0.1, 0.15) is 0 Å². The fourth-order valence-electron chi connectivity index (χ4n) is 2.43. The number of esters is 1. The molecule has 2 aliphatic rings. The number of amides is 1. The Labute approximate surface area is 117 Å². The van der Waals surface area contributed by atoms with Crippen LogP contribution in [0.4, 0.5) is 0 Å². The van der Waals surface area contributed by atoms with E-state index < -0.39 is 0 Å². The summed E-state index contributed by atoms with van der Waals surface area (Å²) >= 11 is 1.63. The van der Waals surface area contributed by atoms with Crippen LogP contribution in [-0.2, 0) is 14.3 Å². The zero-order valence-electron chi connectivity index (χ0n) is 11.5. The van der Waals surface area contributed by atoms with Crippen molar-refractivity contribution in [3.8, 4) is 0 Å². The smallest absolute Gasteiger partial charge is 0.336 e. The average Bonchev–Trinajstić information content (AvgIpc) is 2.86. The molecule has 1 amide bonds. The molecule has 0 bridgehead atoms. The van der Waals surface area contributed by atoms with Gasteiger partial charge in [-0.25, -0.2) is 4.79 Å². The quantitative estimate of drug-likeness (QED) is 0.782. The molecule has 1 saturated heterocycles. The van der Waals surface area contributed by atoms with E-state index in [2.05, 4.69) is 4.90 Å². The lowest BCUT2D eigenvalue weighted by Crippen LogP contribution is -2.40. The molecular formula is C13H20N2O3S. The first kappa shape index (κ1) is 14.2. The van der Waals surface area contributed by atoms with Crippen molar-refractivity contribution in [2.75, 3.05) is 12.3 Å². The maximum Gasteiger partial charge on any atom is 0.336 e. The van der Waals surface area contributed by atoms with E-state index in [1.807, 2.05) is 20.8 Å². The number of nitrogens with two attached hydrogens (primary N) is 1. The van der Waals surface area contributed by atoms with Crippen molar-refractivity contribution < 1.29 is 14.3 Å². The maximum atomic E-state index is 12.0. The zero-order chi connectivity index (χ0) is 14.2. The van der Waals surface area contributed by atoms with Gasteiger partial charge in [0.15, 0.2) is 0 Å². The summed E-state index contributed by atoms with van der Waals surface area (Å²) in [5.74, 6) is 0.0839. The van der Waals surface area contributed by atoms with Crippen LogP contribution < -0.4 is 5.73 Å². The number of primary amides is 1. The van der Waals surface area contributed by atoms with Crippen molar-refractivity contribution >= 4 is 23.6 Å². The summed E-state index contributed by atoms with van der Waals surface area (Å²) < 4.78 is 5.26. The number of fused-ring (bicyclic) bond motifs is 1. The fourth-order valence-corrected chi connectivity index (χ4v) is 3.98. The Morgan fingerprint density at radius 1 is 1.42 bits per heavy atom. The van der Waals surface area contributed by atoms with E-state index in [1.165, 1.54) is 0 Å². The minimum Gasteiger partial charge on any atom is -0.460 e. The van der Waals surface area contributed by atoms with E-state index in [-0.39, 0.29) is 29.9 Å². The Morgan fingerprint density at radius 3 is 2.68 bits per heavy atom. The lowest BCUT2D eigenvalue weighted by molar-refractivity contribution is -0.142. The van der Waals surface area contributed by atoms with Gasteiger partial charge >= 0.3 is 5.97 Å². The SMILES string of the molecule is CC(C)OC(=O)C1=C2SCC(C(C)C(N)=O)N2CC1. The molecule has 2 heterocycles. The fraction of sp³-hybridized carbons (Fsp3) is 0.692. The third-order valence-electron chi connectivity index (χ3n) is 3.53. The minimum absolute atomic E-state index is 0.0989. The molecule has 5 nitrogen and oxygen atoms in total. The monoisotopic (exact) mass is 284 g/mol. The highest BCUT2D eigenvalue weighted by molar-refractivity contribution is 8.03. The van der Waals surface area contributed by atoms with Gasteiger partial charge in [-0.05, 0) is 20.3 Å². The van der Waals surface area contributed by atoms with Crippen molar-refractivity contribution in [1.82, 2.24) is 4.90 Å². The number of carbonyl (C=O) groups is 2. The van der Waals surface area contributed by atoms with Crippen LogP contribution in [0.3, 0.4) is 0 Å². The molecule has 0 aliphatic carbocycles. The van der Waals surface area contributed by atoms with E-state index in [1.54, 1.807) is 11.8 Å². The van der Waals surface area contributed by atoms with Gasteiger partial charge < -0.3 is 15.4 Å². The molecule has 6 heteroatoms. The molecular weight excluding hydrogens is 264 g/mol. The van der Waals surface area contributed by atoms with Crippen LogP contribution in [0.2, 0.25) is 0 Å². The zero-order valence-corrected chi connectivity index (χ0v) is 12.3. The van der Waals surface area contributed by atoms with Gasteiger partial charge in [0.05, 0.1) is 28.7 Å². The van der Waals surface area contributed by atoms with Crippen LogP contribution in [0.5, 0.6) is 0 Å². The topological polar surface area (TPSA) is 72.6 Å². The Balaban J connectivity index is 2.14. The molecule has 0 radical (unpaired) electrons. The molecule has 2 atom stereocenters. The van der Waals surface area contributed by atoms with Gasteiger partial charge in [0.25, 0.3) is 0 Å². The van der Waals surface area contributed by atoms with Crippen molar-refractivity contribution in [2.24, 2.45) is 11.7 Å². The summed E-state index contributed by atoms with van der Waals surface area (Å²) in [4.78, 5) is 25.4. The number of ether oxygens (including phenoxy) is 1. The van der Waals surface area contributed by atoms with Crippen LogP contribution >= 0.6 is 11.8 Å². The third kappa shape index (κ3) is 2.73. The summed E-state index contributed by atoms with van der Waals surface area (Å²) in [6.45, 7) is 6.30. The summed E-state index contributed by atoms with van der Waals surface area (Å²) in [5, 5.41) is 0.976. The minimum atomic E-state index is -0.287. The van der Waals surface area contributed by atoms with Crippen LogP contribution in [0, 0.1) is 5.92 Å². The maximum absolute atomic E-state index is 12.0. The number of carbonyl (C=O) groups excluding carboxylic acids is 2. The average molecular weight is 284 g/mol. The molecule has 0 spiro atoms. The normalized spacial score (nSPS) is 23.8. The van der Waals surface area contributed by atoms with Gasteiger partial charge in [-0.2, -0.15) is 0 Å². The number of rotatable bonds is 4. The molecule has 106 valence electrons. The molecule has 0 saturated carbocycles. The first-order valence-corrected chi connectivity index (χ1v) is 7.53. The van der Waals surface area contributed by atoms with Gasteiger partial charge in [-0.15, -0.1) is 11.8 Å². The largest absolute Gasteiger partial charge is 0.460 e. The summed E-state index contributed by atoms with van der Waals surface area (Å²) in [6, 6.07) is 0.0989. The summed E-state index contributed by atoms with van der Waals surface area (Å²) in [6.07, 6.45) is 0.581. The number of nitrogens with zero attached hydrogens (tertiary/aromatic N) is 1. The van der Waals surface area contributed by atoms with Crippen molar-refractivity contribution in [3.05, 3.63) is 10.6 Å². The predicted octanol–water partition coefficient (Wildman–Crippen LogP) is 1.09. The molecule has 0 aromatic carbocycles. The highest BCUT2D eigenvalue weighted by Gasteiger charge is 2.41. The van der Waals surface area contributed by atoms with Crippen LogP contribution in [0.25, 0.3) is 0 Å². The van der Waals surface area contributed by atoms with Crippen LogP contribution in [0.15, 0.2) is 10.6 Å². The molecule has 1 fully saturated rings. The van der Waals surface area contributed by atoms with Crippen LogP contribution in [-0.4, -0.2) is 41.2 Å². The van der Waals surface area contributed by atoms with E-state index >= 15 is 0 Å². The Kier molecular flexibility index (Phi) is 4.08. The second-order valence-electron chi connectivity index (χ2n) is 5.25.